The van der Waals surface area contributed by atoms with E-state index in [1.54, 1.807) is 4.68 Å². The van der Waals surface area contributed by atoms with Crippen LogP contribution in [0.2, 0.25) is 0 Å². The van der Waals surface area contributed by atoms with Crippen molar-refractivity contribution < 1.29 is 0 Å². The van der Waals surface area contributed by atoms with Crippen LogP contribution in [0.25, 0.3) is 11.2 Å². The quantitative estimate of drug-likeness (QED) is 0.805. The molecule has 1 N–H and O–H groups in total. The summed E-state index contributed by atoms with van der Waals surface area (Å²) < 4.78 is 3.70. The topological polar surface area (TPSA) is 72.4 Å². The highest BCUT2D eigenvalue weighted by atomic mass is 15.4. The van der Waals surface area contributed by atoms with Gasteiger partial charge in [0.2, 0.25) is 0 Å². The summed E-state index contributed by atoms with van der Waals surface area (Å²) in [7, 11) is 0. The Kier molecular flexibility index (Phi) is 3.21. The number of hydrogen-bond acceptors (Lipinski definition) is 4. The van der Waals surface area contributed by atoms with Gasteiger partial charge in [-0.3, -0.25) is 5.41 Å². The van der Waals surface area contributed by atoms with Gasteiger partial charge in [-0.25, -0.2) is 9.67 Å². The number of nitrogens with zero attached hydrogens (tertiary/aromatic N) is 5. The average molecular weight is 294 g/mol. The SMILES string of the molecule is N=c1c2ncn(C3CCCC3)c2nnn1Cc1ccccc1. The van der Waals surface area contributed by atoms with Gasteiger partial charge in [0.25, 0.3) is 0 Å². The second kappa shape index (κ2) is 5.36. The molecule has 0 amide bonds. The first-order valence-electron chi connectivity index (χ1n) is 7.72. The minimum atomic E-state index is 0.325. The second-order valence-electron chi connectivity index (χ2n) is 5.84. The lowest BCUT2D eigenvalue weighted by atomic mass is 10.2. The Morgan fingerprint density at radius 2 is 1.91 bits per heavy atom. The van der Waals surface area contributed by atoms with Crippen LogP contribution in [0.5, 0.6) is 0 Å². The van der Waals surface area contributed by atoms with Crippen LogP contribution in [0.1, 0.15) is 37.3 Å². The molecule has 4 rings (SSSR count). The highest BCUT2D eigenvalue weighted by Crippen LogP contribution is 2.30. The smallest absolute Gasteiger partial charge is 0.188 e. The molecule has 22 heavy (non-hydrogen) atoms. The highest BCUT2D eigenvalue weighted by molar-refractivity contribution is 5.68. The van der Waals surface area contributed by atoms with Crippen LogP contribution < -0.4 is 5.49 Å². The third-order valence-electron chi connectivity index (χ3n) is 4.39. The van der Waals surface area contributed by atoms with Crippen molar-refractivity contribution in [1.82, 2.24) is 24.5 Å². The van der Waals surface area contributed by atoms with Crippen molar-refractivity contribution in [2.45, 2.75) is 38.3 Å². The first kappa shape index (κ1) is 13.2. The minimum Gasteiger partial charge on any atom is -0.311 e. The molecular weight excluding hydrogens is 276 g/mol. The van der Waals surface area contributed by atoms with Crippen LogP contribution in [-0.2, 0) is 6.54 Å². The molecule has 1 aliphatic rings. The minimum absolute atomic E-state index is 0.325. The Bertz CT molecular complexity index is 842. The zero-order valence-corrected chi connectivity index (χ0v) is 12.3. The lowest BCUT2D eigenvalue weighted by Gasteiger charge is -2.11. The van der Waals surface area contributed by atoms with Crippen molar-refractivity contribution in [2.24, 2.45) is 0 Å². The van der Waals surface area contributed by atoms with Gasteiger partial charge in [-0.2, -0.15) is 0 Å². The van der Waals surface area contributed by atoms with Gasteiger partial charge in [0.1, 0.15) is 0 Å². The molecule has 3 aromatic rings. The molecule has 1 aliphatic carbocycles. The van der Waals surface area contributed by atoms with Crippen molar-refractivity contribution in [1.29, 1.82) is 5.41 Å². The van der Waals surface area contributed by atoms with E-state index in [0.717, 1.165) is 11.2 Å². The van der Waals surface area contributed by atoms with Gasteiger partial charge in [0, 0.05) is 6.04 Å². The van der Waals surface area contributed by atoms with Crippen LogP contribution in [0.3, 0.4) is 0 Å². The molecule has 0 aliphatic heterocycles. The molecular formula is C16H18N6. The van der Waals surface area contributed by atoms with Crippen LogP contribution in [0.15, 0.2) is 36.7 Å². The molecule has 6 heteroatoms. The molecule has 0 saturated heterocycles. The number of imidazole rings is 1. The van der Waals surface area contributed by atoms with Gasteiger partial charge >= 0.3 is 0 Å². The molecule has 1 fully saturated rings. The van der Waals surface area contributed by atoms with E-state index < -0.39 is 0 Å². The zero-order chi connectivity index (χ0) is 14.9. The van der Waals surface area contributed by atoms with E-state index in [9.17, 15) is 0 Å². The summed E-state index contributed by atoms with van der Waals surface area (Å²) in [6.07, 6.45) is 6.66. The summed E-state index contributed by atoms with van der Waals surface area (Å²) in [4.78, 5) is 4.42. The predicted molar refractivity (Wildman–Crippen MR) is 82.2 cm³/mol. The molecule has 1 aromatic carbocycles. The molecule has 112 valence electrons. The van der Waals surface area contributed by atoms with E-state index in [2.05, 4.69) is 19.9 Å². The molecule has 0 atom stereocenters. The van der Waals surface area contributed by atoms with Gasteiger partial charge in [-0.05, 0) is 18.4 Å². The van der Waals surface area contributed by atoms with Crippen LogP contribution >= 0.6 is 0 Å². The summed E-state index contributed by atoms with van der Waals surface area (Å²) in [6.45, 7) is 0.541. The summed E-state index contributed by atoms with van der Waals surface area (Å²) >= 11 is 0. The maximum absolute atomic E-state index is 8.36. The Labute approximate surface area is 127 Å². The van der Waals surface area contributed by atoms with E-state index >= 15 is 0 Å². The van der Waals surface area contributed by atoms with Gasteiger partial charge in [-0.1, -0.05) is 48.4 Å². The number of nitrogens with one attached hydrogen (secondary N) is 1. The number of hydrogen-bond donors (Lipinski definition) is 1. The van der Waals surface area contributed by atoms with E-state index in [1.807, 2.05) is 36.7 Å². The maximum Gasteiger partial charge on any atom is 0.188 e. The lowest BCUT2D eigenvalue weighted by Crippen LogP contribution is -2.25. The molecule has 0 bridgehead atoms. The van der Waals surface area contributed by atoms with Crippen molar-refractivity contribution >= 4 is 11.2 Å². The van der Waals surface area contributed by atoms with Gasteiger partial charge < -0.3 is 4.57 Å². The Balaban J connectivity index is 1.73. The average Bonchev–Trinajstić information content (AvgIpc) is 3.20. The van der Waals surface area contributed by atoms with E-state index in [0.29, 0.717) is 23.6 Å². The molecule has 0 radical (unpaired) electrons. The fraction of sp³-hybridized carbons (Fsp3) is 0.375. The molecule has 1 saturated carbocycles. The molecule has 0 spiro atoms. The van der Waals surface area contributed by atoms with Crippen LogP contribution in [0, 0.1) is 5.41 Å². The Morgan fingerprint density at radius 1 is 1.14 bits per heavy atom. The van der Waals surface area contributed by atoms with E-state index in [4.69, 9.17) is 5.41 Å². The molecule has 6 nitrogen and oxygen atoms in total. The molecule has 2 aromatic heterocycles. The van der Waals surface area contributed by atoms with Gasteiger partial charge in [0.05, 0.1) is 12.9 Å². The van der Waals surface area contributed by atoms with Gasteiger partial charge in [-0.15, -0.1) is 5.10 Å². The fourth-order valence-corrected chi connectivity index (χ4v) is 3.20. The maximum atomic E-state index is 8.36. The fourth-order valence-electron chi connectivity index (χ4n) is 3.20. The lowest BCUT2D eigenvalue weighted by molar-refractivity contribution is 0.520. The van der Waals surface area contributed by atoms with Crippen molar-refractivity contribution in [3.05, 3.63) is 47.7 Å². The van der Waals surface area contributed by atoms with Crippen molar-refractivity contribution in [3.8, 4) is 0 Å². The predicted octanol–water partition coefficient (Wildman–Crippen LogP) is 2.27. The Hall–Kier alpha value is -2.50. The standard InChI is InChI=1S/C16H18N6/c17-15-14-16(21(11-18-14)13-8-4-5-9-13)19-20-22(15)10-12-6-2-1-3-7-12/h1-3,6-7,11,13,17H,4-5,8-10H2. The summed E-state index contributed by atoms with van der Waals surface area (Å²) in [5, 5.41) is 16.9. The summed E-state index contributed by atoms with van der Waals surface area (Å²) in [5.41, 5.74) is 2.80. The normalized spacial score (nSPS) is 15.6. The number of fused-ring (bicyclic) bond motifs is 1. The highest BCUT2D eigenvalue weighted by Gasteiger charge is 2.20. The Morgan fingerprint density at radius 3 is 2.68 bits per heavy atom. The molecule has 0 unspecified atom stereocenters. The number of aromatic nitrogens is 5. The van der Waals surface area contributed by atoms with Crippen molar-refractivity contribution in [3.63, 3.8) is 0 Å². The largest absolute Gasteiger partial charge is 0.311 e. The third-order valence-corrected chi connectivity index (χ3v) is 4.39. The summed E-state index contributed by atoms with van der Waals surface area (Å²) in [5.74, 6) is 0. The van der Waals surface area contributed by atoms with Crippen LogP contribution in [-0.4, -0.2) is 24.5 Å². The molecule has 2 heterocycles. The summed E-state index contributed by atoms with van der Waals surface area (Å²) in [6, 6.07) is 10.5. The van der Waals surface area contributed by atoms with Crippen molar-refractivity contribution in [2.75, 3.05) is 0 Å². The number of benzene rings is 1. The zero-order valence-electron chi connectivity index (χ0n) is 12.3. The van der Waals surface area contributed by atoms with Gasteiger partial charge in [0.15, 0.2) is 16.7 Å². The first-order chi connectivity index (χ1) is 10.8. The third kappa shape index (κ3) is 2.20. The number of rotatable bonds is 3. The van der Waals surface area contributed by atoms with E-state index in [1.165, 1.54) is 25.7 Å². The first-order valence-corrected chi connectivity index (χ1v) is 7.72. The monoisotopic (exact) mass is 294 g/mol. The van der Waals surface area contributed by atoms with E-state index in [-0.39, 0.29) is 0 Å². The van der Waals surface area contributed by atoms with Crippen LogP contribution in [0.4, 0.5) is 0 Å². The second-order valence-corrected chi connectivity index (χ2v) is 5.84.